The van der Waals surface area contributed by atoms with Crippen LogP contribution in [0.1, 0.15) is 47.0 Å². The molecule has 0 aromatic rings. The third kappa shape index (κ3) is 5.41. The molecular formula is C12H22BF4NO. The third-order valence-electron chi connectivity index (χ3n) is 3.81. The van der Waals surface area contributed by atoms with Gasteiger partial charge >= 0.3 is 13.2 Å². The first kappa shape index (κ1) is 16.3. The smallest absolute Gasteiger partial charge is 0.444 e. The van der Waals surface area contributed by atoms with E-state index in [9.17, 15) is 17.3 Å². The first-order chi connectivity index (χ1) is 8.49. The van der Waals surface area contributed by atoms with Crippen molar-refractivity contribution in [1.29, 1.82) is 0 Å². The van der Waals surface area contributed by atoms with E-state index in [0.717, 1.165) is 11.8 Å². The van der Waals surface area contributed by atoms with E-state index in [1.54, 1.807) is 0 Å². The zero-order valence-electron chi connectivity index (χ0n) is 11.9. The number of hydrogen-bond donors (Lipinski definition) is 1. The summed E-state index contributed by atoms with van der Waals surface area (Å²) in [6, 6.07) is 0. The third-order valence-corrected chi connectivity index (χ3v) is 3.81. The van der Waals surface area contributed by atoms with Gasteiger partial charge in [-0.2, -0.15) is 0 Å². The lowest BCUT2D eigenvalue weighted by Gasteiger charge is -2.41. The average Bonchev–Trinajstić information content (AvgIpc) is 2.11. The van der Waals surface area contributed by atoms with Gasteiger partial charge in [0.05, 0.1) is 12.8 Å². The van der Waals surface area contributed by atoms with Crippen LogP contribution in [0.4, 0.5) is 17.3 Å². The molecule has 1 heterocycles. The Morgan fingerprint density at radius 3 is 2.26 bits per heavy atom. The van der Waals surface area contributed by atoms with E-state index >= 15 is 0 Å². The van der Waals surface area contributed by atoms with E-state index < -0.39 is 7.25 Å². The molecule has 1 saturated carbocycles. The molecule has 2 rings (SSSR count). The molecular weight excluding hydrogens is 261 g/mol. The summed E-state index contributed by atoms with van der Waals surface area (Å²) in [5, 5.41) is 0. The van der Waals surface area contributed by atoms with Crippen LogP contribution in [-0.2, 0) is 4.74 Å². The van der Waals surface area contributed by atoms with Crippen molar-refractivity contribution >= 4 is 13.2 Å². The fourth-order valence-corrected chi connectivity index (χ4v) is 3.09. The Morgan fingerprint density at radius 2 is 1.74 bits per heavy atom. The summed E-state index contributed by atoms with van der Waals surface area (Å²) in [7, 11) is -6.00. The Kier molecular flexibility index (Phi) is 4.90. The van der Waals surface area contributed by atoms with Gasteiger partial charge in [-0.25, -0.2) is 4.99 Å². The van der Waals surface area contributed by atoms with E-state index in [4.69, 9.17) is 4.74 Å². The van der Waals surface area contributed by atoms with E-state index in [-0.39, 0.29) is 5.54 Å². The van der Waals surface area contributed by atoms with E-state index in [1.807, 2.05) is 6.92 Å². The molecule has 0 aromatic heterocycles. The van der Waals surface area contributed by atoms with Gasteiger partial charge in [-0.05, 0) is 25.2 Å². The summed E-state index contributed by atoms with van der Waals surface area (Å²) in [5.41, 5.74) is 0.215. The number of halogens is 4. The molecule has 112 valence electrons. The molecule has 1 fully saturated rings. The van der Waals surface area contributed by atoms with Gasteiger partial charge < -0.3 is 22.0 Å². The van der Waals surface area contributed by atoms with Crippen molar-refractivity contribution in [2.24, 2.45) is 11.8 Å². The summed E-state index contributed by atoms with van der Waals surface area (Å²) in [6.07, 6.45) is 4.34. The highest BCUT2D eigenvalue weighted by Crippen LogP contribution is 2.36. The molecule has 0 saturated heterocycles. The lowest BCUT2D eigenvalue weighted by atomic mass is 9.71. The topological polar surface area (TPSA) is 23.2 Å². The van der Waals surface area contributed by atoms with Crippen LogP contribution < -0.4 is 4.99 Å². The van der Waals surface area contributed by atoms with Crippen LogP contribution in [-0.4, -0.2) is 24.8 Å². The normalized spacial score (nSPS) is 33.3. The van der Waals surface area contributed by atoms with Crippen molar-refractivity contribution < 1.29 is 27.0 Å². The van der Waals surface area contributed by atoms with E-state index in [2.05, 4.69) is 25.8 Å². The van der Waals surface area contributed by atoms with Gasteiger partial charge in [-0.1, -0.05) is 6.92 Å². The minimum Gasteiger partial charge on any atom is -0.444 e. The molecule has 0 amide bonds. The quantitative estimate of drug-likeness (QED) is 0.535. The Morgan fingerprint density at radius 1 is 1.21 bits per heavy atom. The lowest BCUT2D eigenvalue weighted by Crippen LogP contribution is -2.91. The highest BCUT2D eigenvalue weighted by atomic mass is 19.5. The second-order valence-corrected chi connectivity index (χ2v) is 6.08. The second-order valence-electron chi connectivity index (χ2n) is 6.08. The van der Waals surface area contributed by atoms with Gasteiger partial charge in [0.2, 0.25) is 0 Å². The first-order valence-corrected chi connectivity index (χ1v) is 6.65. The zero-order valence-corrected chi connectivity index (χ0v) is 11.9. The van der Waals surface area contributed by atoms with Crippen LogP contribution in [0, 0.1) is 11.8 Å². The molecule has 19 heavy (non-hydrogen) atoms. The standard InChI is InChI=1S/C12H21NO.BF4/c1-8-5-6-10-11(7-8)14-9(2)13-12(10,3)4;2-1(3,4)5/h8,10-11H,5-7H2,1-4H3;/q;-1/p+1/t8-,10-,11-;/m1./s1. The maximum absolute atomic E-state index is 9.75. The number of nitrogens with one attached hydrogen (secondary N) is 1. The summed E-state index contributed by atoms with van der Waals surface area (Å²) in [5.74, 6) is 2.52. The maximum Gasteiger partial charge on any atom is 0.673 e. The molecule has 3 atom stereocenters. The van der Waals surface area contributed by atoms with Crippen LogP contribution in [0.5, 0.6) is 0 Å². The molecule has 0 radical (unpaired) electrons. The minimum atomic E-state index is -6.00. The van der Waals surface area contributed by atoms with Gasteiger partial charge in [0.1, 0.15) is 6.10 Å². The van der Waals surface area contributed by atoms with Gasteiger partial charge in [-0.3, -0.25) is 0 Å². The molecule has 0 aromatic carbocycles. The molecule has 7 heteroatoms. The lowest BCUT2D eigenvalue weighted by molar-refractivity contribution is -0.581. The molecule has 2 aliphatic rings. The van der Waals surface area contributed by atoms with Crippen LogP contribution in [0.2, 0.25) is 0 Å². The number of rotatable bonds is 0. The largest absolute Gasteiger partial charge is 0.673 e. The highest BCUT2D eigenvalue weighted by molar-refractivity contribution is 6.50. The number of ether oxygens (including phenoxy) is 1. The fourth-order valence-electron chi connectivity index (χ4n) is 3.09. The highest BCUT2D eigenvalue weighted by Gasteiger charge is 2.47. The van der Waals surface area contributed by atoms with Crippen LogP contribution in [0.3, 0.4) is 0 Å². The second kappa shape index (κ2) is 5.71. The van der Waals surface area contributed by atoms with Crippen LogP contribution in [0.15, 0.2) is 0 Å². The van der Waals surface area contributed by atoms with Crippen LogP contribution in [0.25, 0.3) is 0 Å². The Labute approximate surface area is 111 Å². The van der Waals surface area contributed by atoms with Crippen LogP contribution >= 0.6 is 0 Å². The van der Waals surface area contributed by atoms with E-state index in [1.165, 1.54) is 19.3 Å². The number of fused-ring (bicyclic) bond motifs is 1. The maximum atomic E-state index is 9.75. The van der Waals surface area contributed by atoms with Gasteiger partial charge in [0.15, 0.2) is 5.54 Å². The monoisotopic (exact) mass is 283 g/mol. The Balaban J connectivity index is 0.000000312. The van der Waals surface area contributed by atoms with Gasteiger partial charge in [-0.15, -0.1) is 0 Å². The van der Waals surface area contributed by atoms with Crippen molar-refractivity contribution in [2.75, 3.05) is 0 Å². The summed E-state index contributed by atoms with van der Waals surface area (Å²) >= 11 is 0. The summed E-state index contributed by atoms with van der Waals surface area (Å²) < 4.78 is 44.9. The van der Waals surface area contributed by atoms with Crippen molar-refractivity contribution in [3.05, 3.63) is 0 Å². The van der Waals surface area contributed by atoms with Crippen molar-refractivity contribution in [3.8, 4) is 0 Å². The Hall–Kier alpha value is -0.745. The molecule has 2 nitrogen and oxygen atoms in total. The van der Waals surface area contributed by atoms with Crippen molar-refractivity contribution in [2.45, 2.75) is 58.6 Å². The molecule has 1 aliphatic carbocycles. The fraction of sp³-hybridized carbons (Fsp3) is 0.917. The SMILES string of the molecule is CC1=[NH+]C(C)(C)[C@@H]2CC[C@@H](C)C[C@H]2O1.F[B-](F)(F)F. The van der Waals surface area contributed by atoms with Crippen molar-refractivity contribution in [3.63, 3.8) is 0 Å². The van der Waals surface area contributed by atoms with Gasteiger partial charge in [0.25, 0.3) is 0 Å². The molecule has 1 aliphatic heterocycles. The summed E-state index contributed by atoms with van der Waals surface area (Å²) in [4.78, 5) is 3.46. The van der Waals surface area contributed by atoms with Crippen molar-refractivity contribution in [1.82, 2.24) is 0 Å². The Bertz CT molecular complexity index is 337. The summed E-state index contributed by atoms with van der Waals surface area (Å²) in [6.45, 7) is 8.97. The van der Waals surface area contributed by atoms with E-state index in [0.29, 0.717) is 12.0 Å². The predicted octanol–water partition coefficient (Wildman–Crippen LogP) is 2.40. The molecule has 0 spiro atoms. The first-order valence-electron chi connectivity index (χ1n) is 6.65. The predicted molar refractivity (Wildman–Crippen MR) is 67.3 cm³/mol. The number of hydrogen-bond acceptors (Lipinski definition) is 1. The zero-order chi connectivity index (χ0) is 14.8. The average molecular weight is 283 g/mol. The minimum absolute atomic E-state index is 0.215. The molecule has 1 N–H and O–H groups in total. The molecule has 0 bridgehead atoms. The van der Waals surface area contributed by atoms with Gasteiger partial charge in [0, 0.05) is 13.8 Å². The molecule has 0 unspecified atom stereocenters.